The average Bonchev–Trinajstić information content (AvgIpc) is 3.08. The van der Waals surface area contributed by atoms with E-state index in [0.717, 1.165) is 10.3 Å². The highest BCUT2D eigenvalue weighted by atomic mass is 32.2. The summed E-state index contributed by atoms with van der Waals surface area (Å²) in [5.41, 5.74) is 2.34. The quantitative estimate of drug-likeness (QED) is 0.648. The number of sulfone groups is 1. The molecule has 1 aliphatic heterocycles. The number of hydrogen-bond donors (Lipinski definition) is 0. The fourth-order valence-corrected chi connectivity index (χ4v) is 5.56. The third-order valence-corrected chi connectivity index (χ3v) is 7.58. The van der Waals surface area contributed by atoms with Crippen LogP contribution in [0.15, 0.2) is 52.9 Å². The summed E-state index contributed by atoms with van der Waals surface area (Å²) in [6.07, 6.45) is -0.395. The number of aromatic nitrogens is 1. The van der Waals surface area contributed by atoms with Gasteiger partial charge in [-0.1, -0.05) is 50.2 Å². The van der Waals surface area contributed by atoms with Gasteiger partial charge in [0.1, 0.15) is 0 Å². The molecule has 0 atom stereocenters. The Morgan fingerprint density at radius 1 is 1.07 bits per heavy atom. The maximum atomic E-state index is 12.7. The highest BCUT2D eigenvalue weighted by Gasteiger charge is 2.29. The predicted molar refractivity (Wildman–Crippen MR) is 105 cm³/mol. The second kappa shape index (κ2) is 6.98. The zero-order chi connectivity index (χ0) is 19.1. The molecule has 1 aliphatic rings. The van der Waals surface area contributed by atoms with Crippen LogP contribution in [0.25, 0.3) is 10.2 Å². The molecule has 1 saturated heterocycles. The summed E-state index contributed by atoms with van der Waals surface area (Å²) in [4.78, 5) is 4.28. The Kier molecular flexibility index (Phi) is 4.80. The minimum atomic E-state index is -3.48. The van der Waals surface area contributed by atoms with E-state index in [9.17, 15) is 8.42 Å². The molecule has 2 aromatic carbocycles. The van der Waals surface area contributed by atoms with Crippen LogP contribution in [0, 0.1) is 5.41 Å². The minimum Gasteiger partial charge on any atom is -0.348 e. The molecule has 0 radical (unpaired) electrons. The van der Waals surface area contributed by atoms with Gasteiger partial charge in [0.25, 0.3) is 0 Å². The van der Waals surface area contributed by atoms with Crippen molar-refractivity contribution in [3.05, 3.63) is 59.7 Å². The smallest absolute Gasteiger partial charge is 0.210 e. The molecular weight excluding hydrogens is 382 g/mol. The lowest BCUT2D eigenvalue weighted by Gasteiger charge is -2.34. The zero-order valence-electron chi connectivity index (χ0n) is 15.2. The number of para-hydroxylation sites is 1. The van der Waals surface area contributed by atoms with Gasteiger partial charge in [-0.2, -0.15) is 0 Å². The van der Waals surface area contributed by atoms with Gasteiger partial charge < -0.3 is 9.47 Å². The number of fused-ring (bicyclic) bond motifs is 1. The summed E-state index contributed by atoms with van der Waals surface area (Å²) in [6.45, 7) is 5.45. The van der Waals surface area contributed by atoms with Gasteiger partial charge in [-0.25, -0.2) is 13.4 Å². The lowest BCUT2D eigenvalue weighted by Crippen LogP contribution is -2.33. The van der Waals surface area contributed by atoms with Crippen molar-refractivity contribution in [1.82, 2.24) is 4.98 Å². The molecule has 3 aromatic rings. The lowest BCUT2D eigenvalue weighted by molar-refractivity contribution is -0.226. The SMILES string of the molecule is CC1(C)COC(c2ccc(CS(=O)(=O)c3nc4ccccc4s3)cc2)OC1. The van der Waals surface area contributed by atoms with Gasteiger partial charge in [0.15, 0.2) is 6.29 Å². The number of ether oxygens (including phenoxy) is 2. The van der Waals surface area contributed by atoms with Crippen LogP contribution in [-0.4, -0.2) is 26.6 Å². The Morgan fingerprint density at radius 3 is 2.41 bits per heavy atom. The van der Waals surface area contributed by atoms with E-state index in [-0.39, 0.29) is 15.5 Å². The summed E-state index contributed by atoms with van der Waals surface area (Å²) in [6, 6.07) is 14.8. The molecule has 0 saturated carbocycles. The first-order valence-electron chi connectivity index (χ1n) is 8.73. The number of nitrogens with zero attached hydrogens (tertiary/aromatic N) is 1. The van der Waals surface area contributed by atoms with Crippen LogP contribution in [0.4, 0.5) is 0 Å². The molecule has 2 heterocycles. The molecule has 0 bridgehead atoms. The van der Waals surface area contributed by atoms with Gasteiger partial charge in [0.05, 0.1) is 29.2 Å². The molecule has 0 aliphatic carbocycles. The van der Waals surface area contributed by atoms with Crippen molar-refractivity contribution in [2.75, 3.05) is 13.2 Å². The molecule has 5 nitrogen and oxygen atoms in total. The monoisotopic (exact) mass is 403 g/mol. The second-order valence-corrected chi connectivity index (χ2v) is 10.8. The van der Waals surface area contributed by atoms with Crippen molar-refractivity contribution in [3.63, 3.8) is 0 Å². The maximum Gasteiger partial charge on any atom is 0.210 e. The number of thiazole rings is 1. The summed E-state index contributed by atoms with van der Waals surface area (Å²) in [5, 5.41) is 0. The number of benzene rings is 2. The molecule has 0 spiro atoms. The van der Waals surface area contributed by atoms with E-state index in [2.05, 4.69) is 18.8 Å². The van der Waals surface area contributed by atoms with Crippen molar-refractivity contribution in [2.24, 2.45) is 5.41 Å². The van der Waals surface area contributed by atoms with E-state index in [0.29, 0.717) is 24.3 Å². The van der Waals surface area contributed by atoms with Crippen LogP contribution in [0.1, 0.15) is 31.3 Å². The van der Waals surface area contributed by atoms with Crippen molar-refractivity contribution in [1.29, 1.82) is 0 Å². The first-order chi connectivity index (χ1) is 12.8. The van der Waals surface area contributed by atoms with Gasteiger partial charge in [0, 0.05) is 11.0 Å². The van der Waals surface area contributed by atoms with E-state index >= 15 is 0 Å². The topological polar surface area (TPSA) is 65.5 Å². The summed E-state index contributed by atoms with van der Waals surface area (Å²) >= 11 is 1.21. The molecule has 0 amide bonds. The van der Waals surface area contributed by atoms with Crippen LogP contribution in [0.5, 0.6) is 0 Å². The standard InChI is InChI=1S/C20H21NO4S2/c1-20(2)12-24-18(25-13-20)15-9-7-14(8-10-15)11-27(22,23)19-21-16-5-3-4-6-17(16)26-19/h3-10,18H,11-13H2,1-2H3. The van der Waals surface area contributed by atoms with Gasteiger partial charge in [-0.15, -0.1) is 11.3 Å². The van der Waals surface area contributed by atoms with E-state index in [1.807, 2.05) is 48.5 Å². The summed E-state index contributed by atoms with van der Waals surface area (Å²) < 4.78 is 38.0. The van der Waals surface area contributed by atoms with E-state index < -0.39 is 16.1 Å². The molecular formula is C20H21NO4S2. The van der Waals surface area contributed by atoms with E-state index in [1.165, 1.54) is 11.3 Å². The number of hydrogen-bond acceptors (Lipinski definition) is 6. The van der Waals surface area contributed by atoms with Crippen molar-refractivity contribution in [3.8, 4) is 0 Å². The molecule has 1 fully saturated rings. The molecule has 1 aromatic heterocycles. The lowest BCUT2D eigenvalue weighted by atomic mass is 9.95. The average molecular weight is 404 g/mol. The van der Waals surface area contributed by atoms with Gasteiger partial charge in [0.2, 0.25) is 14.2 Å². The normalized spacial score (nSPS) is 18.0. The summed E-state index contributed by atoms with van der Waals surface area (Å²) in [5.74, 6) is -0.0769. The molecule has 7 heteroatoms. The van der Waals surface area contributed by atoms with E-state index in [4.69, 9.17) is 9.47 Å². The zero-order valence-corrected chi connectivity index (χ0v) is 16.8. The predicted octanol–water partition coefficient (Wildman–Crippen LogP) is 4.34. The minimum absolute atomic E-state index is 0.0156. The molecule has 142 valence electrons. The van der Waals surface area contributed by atoms with Crippen LogP contribution >= 0.6 is 11.3 Å². The fourth-order valence-electron chi connectivity index (χ4n) is 2.92. The largest absolute Gasteiger partial charge is 0.348 e. The van der Waals surface area contributed by atoms with Gasteiger partial charge in [-0.05, 0) is 17.7 Å². The molecule has 0 unspecified atom stereocenters. The molecule has 27 heavy (non-hydrogen) atoms. The molecule has 0 N–H and O–H groups in total. The first kappa shape index (κ1) is 18.6. The van der Waals surface area contributed by atoms with Crippen LogP contribution in [0.2, 0.25) is 0 Å². The first-order valence-corrected chi connectivity index (χ1v) is 11.2. The highest BCUT2D eigenvalue weighted by Crippen LogP contribution is 2.32. The van der Waals surface area contributed by atoms with Crippen molar-refractivity contribution >= 4 is 31.4 Å². The van der Waals surface area contributed by atoms with Crippen molar-refractivity contribution < 1.29 is 17.9 Å². The van der Waals surface area contributed by atoms with Crippen LogP contribution < -0.4 is 0 Å². The third-order valence-electron chi connectivity index (χ3n) is 4.40. The summed E-state index contributed by atoms with van der Waals surface area (Å²) in [7, 11) is -3.48. The van der Waals surface area contributed by atoms with Gasteiger partial charge >= 0.3 is 0 Å². The number of rotatable bonds is 4. The molecule has 4 rings (SSSR count). The fraction of sp³-hybridized carbons (Fsp3) is 0.350. The van der Waals surface area contributed by atoms with Crippen molar-refractivity contribution in [2.45, 2.75) is 30.2 Å². The maximum absolute atomic E-state index is 12.7. The Bertz CT molecular complexity index is 1010. The van der Waals surface area contributed by atoms with Gasteiger partial charge in [-0.3, -0.25) is 0 Å². The highest BCUT2D eigenvalue weighted by molar-refractivity contribution is 7.92. The second-order valence-electron chi connectivity index (χ2n) is 7.57. The Hall–Kier alpha value is -1.80. The van der Waals surface area contributed by atoms with Crippen LogP contribution in [0.3, 0.4) is 0 Å². The van der Waals surface area contributed by atoms with Crippen LogP contribution in [-0.2, 0) is 25.1 Å². The Morgan fingerprint density at radius 2 is 1.74 bits per heavy atom. The Labute approximate surface area is 162 Å². The third kappa shape index (κ3) is 4.06. The van der Waals surface area contributed by atoms with E-state index in [1.54, 1.807) is 0 Å². The Balaban J connectivity index is 1.49.